The minimum atomic E-state index is 0.850. The van der Waals surface area contributed by atoms with Gasteiger partial charge in [-0.25, -0.2) is 0 Å². The summed E-state index contributed by atoms with van der Waals surface area (Å²) in [5.74, 6) is 0.850. The fourth-order valence-electron chi connectivity index (χ4n) is 2.83. The predicted octanol–water partition coefficient (Wildman–Crippen LogP) is 6.80. The Hall–Kier alpha value is -2.48. The molecule has 3 aromatic carbocycles. The Morgan fingerprint density at radius 3 is 1.96 bits per heavy atom. The van der Waals surface area contributed by atoms with E-state index in [0.29, 0.717) is 0 Å². The highest BCUT2D eigenvalue weighted by Gasteiger charge is 2.13. The van der Waals surface area contributed by atoms with Crippen LogP contribution in [0.4, 0.5) is 0 Å². The number of hydrogen-bond acceptors (Lipinski definition) is 2. The first-order valence-corrected chi connectivity index (χ1v) is 8.25. The number of ether oxygens (including phenoxy) is 1. The van der Waals surface area contributed by atoms with Crippen molar-refractivity contribution in [3.63, 3.8) is 0 Å². The Morgan fingerprint density at radius 1 is 0.696 bits per heavy atom. The van der Waals surface area contributed by atoms with Gasteiger partial charge in [-0.3, -0.25) is 0 Å². The first-order chi connectivity index (χ1) is 11.4. The highest BCUT2D eigenvalue weighted by molar-refractivity contribution is 6.25. The molecule has 4 aromatic rings. The van der Waals surface area contributed by atoms with E-state index in [1.54, 1.807) is 13.4 Å². The van der Waals surface area contributed by atoms with Gasteiger partial charge in [0.25, 0.3) is 0 Å². The van der Waals surface area contributed by atoms with Crippen molar-refractivity contribution in [3.8, 4) is 5.75 Å². The van der Waals surface area contributed by atoms with Gasteiger partial charge in [-0.15, -0.1) is 0 Å². The van der Waals surface area contributed by atoms with Crippen LogP contribution in [0.1, 0.15) is 27.7 Å². The molecule has 0 aliphatic carbocycles. The first-order valence-electron chi connectivity index (χ1n) is 8.25. The van der Waals surface area contributed by atoms with Crippen LogP contribution in [0, 0.1) is 0 Å². The van der Waals surface area contributed by atoms with Crippen molar-refractivity contribution in [2.45, 2.75) is 27.7 Å². The Balaban J connectivity index is 0.000000448. The van der Waals surface area contributed by atoms with Crippen molar-refractivity contribution in [1.29, 1.82) is 0 Å². The van der Waals surface area contributed by atoms with E-state index < -0.39 is 0 Å². The third-order valence-electron chi connectivity index (χ3n) is 3.65. The summed E-state index contributed by atoms with van der Waals surface area (Å²) in [7, 11) is 1.69. The standard InChI is InChI=1S/C17H12O2.2C2H6/c1-18-15-8-4-7-13-11-5-2-3-6-12(11)14-9-10-19-17(14)16(13)15;2*1-2/h2-10H,1H3;2*1-2H3. The van der Waals surface area contributed by atoms with Crippen molar-refractivity contribution in [3.05, 3.63) is 54.8 Å². The van der Waals surface area contributed by atoms with E-state index >= 15 is 0 Å². The highest BCUT2D eigenvalue weighted by atomic mass is 16.5. The molecule has 23 heavy (non-hydrogen) atoms. The summed E-state index contributed by atoms with van der Waals surface area (Å²) >= 11 is 0. The van der Waals surface area contributed by atoms with Crippen LogP contribution in [-0.2, 0) is 0 Å². The molecule has 0 unspecified atom stereocenters. The second-order valence-corrected chi connectivity index (χ2v) is 4.59. The van der Waals surface area contributed by atoms with Crippen LogP contribution in [0.2, 0.25) is 0 Å². The maximum atomic E-state index is 5.70. The number of methoxy groups -OCH3 is 1. The zero-order valence-corrected chi connectivity index (χ0v) is 14.5. The predicted molar refractivity (Wildman–Crippen MR) is 100 cm³/mol. The topological polar surface area (TPSA) is 22.4 Å². The number of furan rings is 1. The molecule has 0 bridgehead atoms. The van der Waals surface area contributed by atoms with Gasteiger partial charge in [-0.05, 0) is 28.3 Å². The van der Waals surface area contributed by atoms with Crippen LogP contribution in [0.5, 0.6) is 5.75 Å². The third-order valence-corrected chi connectivity index (χ3v) is 3.65. The molecular weight excluding hydrogens is 284 g/mol. The number of fused-ring (bicyclic) bond motifs is 6. The lowest BCUT2D eigenvalue weighted by Gasteiger charge is -2.09. The zero-order valence-electron chi connectivity index (χ0n) is 14.5. The third kappa shape index (κ3) is 2.77. The van der Waals surface area contributed by atoms with E-state index in [0.717, 1.165) is 27.5 Å². The van der Waals surface area contributed by atoms with Crippen molar-refractivity contribution in [2.75, 3.05) is 7.11 Å². The van der Waals surface area contributed by atoms with Crippen LogP contribution < -0.4 is 4.74 Å². The molecule has 1 heterocycles. The molecule has 4 rings (SSSR count). The van der Waals surface area contributed by atoms with E-state index in [4.69, 9.17) is 9.15 Å². The van der Waals surface area contributed by atoms with E-state index in [1.165, 1.54) is 10.8 Å². The number of rotatable bonds is 1. The summed E-state index contributed by atoms with van der Waals surface area (Å²) in [4.78, 5) is 0. The molecular formula is C21H24O2. The summed E-state index contributed by atoms with van der Waals surface area (Å²) in [6, 6.07) is 16.5. The maximum absolute atomic E-state index is 5.70. The van der Waals surface area contributed by atoms with Gasteiger partial charge in [0.2, 0.25) is 0 Å². The van der Waals surface area contributed by atoms with Crippen molar-refractivity contribution in [1.82, 2.24) is 0 Å². The molecule has 2 nitrogen and oxygen atoms in total. The second-order valence-electron chi connectivity index (χ2n) is 4.59. The molecule has 1 aromatic heterocycles. The van der Waals surface area contributed by atoms with Gasteiger partial charge in [0.05, 0.1) is 18.8 Å². The van der Waals surface area contributed by atoms with E-state index in [2.05, 4.69) is 30.3 Å². The lowest BCUT2D eigenvalue weighted by Crippen LogP contribution is -1.86. The minimum absolute atomic E-state index is 0.850. The average molecular weight is 308 g/mol. The molecule has 0 saturated heterocycles. The Bertz CT molecular complexity index is 904. The van der Waals surface area contributed by atoms with Crippen molar-refractivity contribution in [2.24, 2.45) is 0 Å². The summed E-state index contributed by atoms with van der Waals surface area (Å²) in [6.45, 7) is 8.00. The van der Waals surface area contributed by atoms with E-state index in [-0.39, 0.29) is 0 Å². The molecule has 0 aliphatic rings. The van der Waals surface area contributed by atoms with Crippen LogP contribution in [0.25, 0.3) is 32.5 Å². The quantitative estimate of drug-likeness (QED) is 0.361. The molecule has 0 fully saturated rings. The fraction of sp³-hybridized carbons (Fsp3) is 0.238. The largest absolute Gasteiger partial charge is 0.496 e. The summed E-state index contributed by atoms with van der Waals surface area (Å²) < 4.78 is 11.2. The fourth-order valence-corrected chi connectivity index (χ4v) is 2.83. The zero-order chi connectivity index (χ0) is 16.8. The molecule has 0 N–H and O–H groups in total. The number of benzene rings is 3. The van der Waals surface area contributed by atoms with Gasteiger partial charge in [0.1, 0.15) is 11.3 Å². The molecule has 2 heteroatoms. The van der Waals surface area contributed by atoms with Crippen LogP contribution >= 0.6 is 0 Å². The van der Waals surface area contributed by atoms with Gasteiger partial charge in [-0.2, -0.15) is 0 Å². The van der Waals surface area contributed by atoms with Crippen LogP contribution in [0.15, 0.2) is 59.2 Å². The second kappa shape index (κ2) is 7.68. The number of hydrogen-bond donors (Lipinski definition) is 0. The van der Waals surface area contributed by atoms with Gasteiger partial charge in [0, 0.05) is 5.39 Å². The highest BCUT2D eigenvalue weighted by Crippen LogP contribution is 2.39. The van der Waals surface area contributed by atoms with Crippen LogP contribution in [0.3, 0.4) is 0 Å². The van der Waals surface area contributed by atoms with E-state index in [9.17, 15) is 0 Å². The molecule has 0 spiro atoms. The van der Waals surface area contributed by atoms with Crippen LogP contribution in [-0.4, -0.2) is 7.11 Å². The lowest BCUT2D eigenvalue weighted by molar-refractivity contribution is 0.419. The Kier molecular flexibility index (Phi) is 5.64. The maximum Gasteiger partial charge on any atom is 0.146 e. The Labute approximate surface area is 137 Å². The first kappa shape index (κ1) is 16.9. The van der Waals surface area contributed by atoms with Crippen molar-refractivity contribution >= 4 is 32.5 Å². The van der Waals surface area contributed by atoms with Crippen molar-refractivity contribution < 1.29 is 9.15 Å². The summed E-state index contributed by atoms with van der Waals surface area (Å²) in [5.41, 5.74) is 0.895. The van der Waals surface area contributed by atoms with E-state index in [1.807, 2.05) is 45.9 Å². The lowest BCUT2D eigenvalue weighted by atomic mass is 9.98. The molecule has 0 amide bonds. The molecule has 0 saturated carbocycles. The molecule has 120 valence electrons. The molecule has 0 radical (unpaired) electrons. The monoisotopic (exact) mass is 308 g/mol. The molecule has 0 atom stereocenters. The minimum Gasteiger partial charge on any atom is -0.496 e. The van der Waals surface area contributed by atoms with Gasteiger partial charge in [0.15, 0.2) is 0 Å². The SMILES string of the molecule is CC.CC.COc1cccc2c3ccccc3c3ccoc3c12. The Morgan fingerprint density at radius 2 is 1.30 bits per heavy atom. The van der Waals surface area contributed by atoms with Gasteiger partial charge < -0.3 is 9.15 Å². The average Bonchev–Trinajstić information content (AvgIpc) is 3.14. The molecule has 0 aliphatic heterocycles. The smallest absolute Gasteiger partial charge is 0.146 e. The van der Waals surface area contributed by atoms with Gasteiger partial charge in [-0.1, -0.05) is 64.1 Å². The van der Waals surface area contributed by atoms with Gasteiger partial charge >= 0.3 is 0 Å². The normalized spacial score (nSPS) is 9.96. The summed E-state index contributed by atoms with van der Waals surface area (Å²) in [6.07, 6.45) is 1.74. The summed E-state index contributed by atoms with van der Waals surface area (Å²) in [5, 5.41) is 5.78.